The van der Waals surface area contributed by atoms with Crippen molar-refractivity contribution in [2.75, 3.05) is 0 Å². The minimum atomic E-state index is 0.270. The van der Waals surface area contributed by atoms with Crippen LogP contribution in [0, 0.1) is 11.8 Å². The molecular weight excluding hydrogens is 312 g/mol. The number of hydrogen-bond donors (Lipinski definition) is 0. The topological polar surface area (TPSA) is 0 Å². The van der Waals surface area contributed by atoms with Gasteiger partial charge in [0.15, 0.2) is 0 Å². The van der Waals surface area contributed by atoms with Crippen LogP contribution in [0.1, 0.15) is 82.1 Å². The molecule has 0 saturated heterocycles. The van der Waals surface area contributed by atoms with Gasteiger partial charge in [-0.3, -0.25) is 0 Å². The van der Waals surface area contributed by atoms with Crippen LogP contribution in [0.4, 0.5) is 0 Å². The lowest BCUT2D eigenvalue weighted by Gasteiger charge is -2.24. The van der Waals surface area contributed by atoms with E-state index in [-0.39, 0.29) is 5.41 Å². The average molecular weight is 350 g/mol. The van der Waals surface area contributed by atoms with E-state index in [4.69, 9.17) is 0 Å². The molecule has 0 heterocycles. The van der Waals surface area contributed by atoms with Gasteiger partial charge in [-0.25, -0.2) is 0 Å². The van der Waals surface area contributed by atoms with E-state index in [2.05, 4.69) is 89.6 Å². The van der Waals surface area contributed by atoms with E-state index in [0.29, 0.717) is 5.92 Å². The van der Waals surface area contributed by atoms with Crippen molar-refractivity contribution in [1.82, 2.24) is 0 Å². The molecule has 0 atom stereocenters. The van der Waals surface area contributed by atoms with Gasteiger partial charge >= 0.3 is 0 Å². The van der Waals surface area contributed by atoms with E-state index in [1.807, 2.05) is 0 Å². The number of hydrogen-bond acceptors (Lipinski definition) is 0. The number of aryl methyl sites for hydroxylation is 2. The zero-order valence-electron chi connectivity index (χ0n) is 17.5. The maximum atomic E-state index is 2.53. The van der Waals surface area contributed by atoms with Gasteiger partial charge in [-0.1, -0.05) is 89.6 Å². The second-order valence-corrected chi connectivity index (χ2v) is 8.68. The molecule has 0 nitrogen and oxygen atoms in total. The fourth-order valence-corrected chi connectivity index (χ4v) is 3.53. The smallest absolute Gasteiger partial charge is 0.0219 e. The normalized spacial score (nSPS) is 11.9. The summed E-state index contributed by atoms with van der Waals surface area (Å²) in [7, 11) is 0. The van der Waals surface area contributed by atoms with E-state index in [0.717, 1.165) is 12.8 Å². The summed E-state index contributed by atoms with van der Waals surface area (Å²) < 4.78 is 0. The Labute approximate surface area is 162 Å². The summed E-state index contributed by atoms with van der Waals surface area (Å²) in [6, 6.07) is 18.3. The van der Waals surface area contributed by atoms with Crippen molar-refractivity contribution < 1.29 is 0 Å². The van der Waals surface area contributed by atoms with Crippen molar-refractivity contribution >= 4 is 0 Å². The lowest BCUT2D eigenvalue weighted by atomic mass is 9.81. The minimum absolute atomic E-state index is 0.270. The molecule has 0 heteroatoms. The molecule has 141 valence electrons. The van der Waals surface area contributed by atoms with Gasteiger partial charge in [-0.2, -0.15) is 0 Å². The summed E-state index contributed by atoms with van der Waals surface area (Å²) >= 11 is 0. The Kier molecular flexibility index (Phi) is 7.94. The van der Waals surface area contributed by atoms with Gasteiger partial charge in [0, 0.05) is 0 Å². The van der Waals surface area contributed by atoms with Gasteiger partial charge in [-0.05, 0) is 72.1 Å². The second-order valence-electron chi connectivity index (χ2n) is 8.68. The first-order valence-corrected chi connectivity index (χ1v) is 10.4. The summed E-state index contributed by atoms with van der Waals surface area (Å²) in [4.78, 5) is 0. The molecule has 0 spiro atoms. The maximum Gasteiger partial charge on any atom is -0.0219 e. The van der Waals surface area contributed by atoms with Crippen LogP contribution in [0.3, 0.4) is 0 Å². The molecule has 2 aromatic carbocycles. The predicted octanol–water partition coefficient (Wildman–Crippen LogP) is 7.56. The molecule has 0 aromatic heterocycles. The van der Waals surface area contributed by atoms with Crippen LogP contribution in [0.5, 0.6) is 0 Å². The van der Waals surface area contributed by atoms with Gasteiger partial charge in [0.25, 0.3) is 0 Å². The van der Waals surface area contributed by atoms with E-state index in [1.54, 1.807) is 0 Å². The summed E-state index contributed by atoms with van der Waals surface area (Å²) in [6.45, 7) is 11.5. The van der Waals surface area contributed by atoms with Crippen molar-refractivity contribution in [2.45, 2.75) is 79.1 Å². The van der Waals surface area contributed by atoms with E-state index in [9.17, 15) is 0 Å². The fraction of sp³-hybridized carbons (Fsp3) is 0.500. The van der Waals surface area contributed by atoms with E-state index < -0.39 is 0 Å². The van der Waals surface area contributed by atoms with E-state index >= 15 is 0 Å². The molecule has 0 aliphatic rings. The molecule has 2 rings (SSSR count). The first kappa shape index (κ1) is 20.7. The van der Waals surface area contributed by atoms with Crippen LogP contribution in [0.2, 0.25) is 0 Å². The molecule has 0 unspecified atom stereocenters. The molecule has 1 radical (unpaired) electrons. The van der Waals surface area contributed by atoms with Gasteiger partial charge in [0.1, 0.15) is 0 Å². The van der Waals surface area contributed by atoms with Crippen molar-refractivity contribution in [2.24, 2.45) is 5.41 Å². The number of rotatable bonds is 10. The van der Waals surface area contributed by atoms with Gasteiger partial charge < -0.3 is 0 Å². The molecular formula is C26H37. The molecule has 0 aliphatic heterocycles. The van der Waals surface area contributed by atoms with E-state index in [1.165, 1.54) is 47.9 Å². The molecule has 0 amide bonds. The molecule has 0 saturated carbocycles. The Morgan fingerprint density at radius 3 is 1.96 bits per heavy atom. The van der Waals surface area contributed by atoms with Crippen LogP contribution in [-0.4, -0.2) is 0 Å². The van der Waals surface area contributed by atoms with Crippen LogP contribution >= 0.6 is 0 Å². The van der Waals surface area contributed by atoms with Crippen molar-refractivity contribution in [1.29, 1.82) is 0 Å². The zero-order valence-corrected chi connectivity index (χ0v) is 17.5. The molecule has 0 aliphatic carbocycles. The summed E-state index contributed by atoms with van der Waals surface area (Å²) in [5.74, 6) is 0.624. The number of unbranched alkanes of at least 4 members (excludes halogenated alkanes) is 2. The van der Waals surface area contributed by atoms with Crippen molar-refractivity contribution in [3.8, 4) is 0 Å². The highest BCUT2D eigenvalue weighted by Crippen LogP contribution is 2.28. The summed E-state index contributed by atoms with van der Waals surface area (Å²) in [5, 5.41) is 0. The van der Waals surface area contributed by atoms with Gasteiger partial charge in [0.05, 0.1) is 0 Å². The van der Waals surface area contributed by atoms with Crippen LogP contribution in [0.15, 0.2) is 48.5 Å². The Bertz CT molecular complexity index is 629. The Morgan fingerprint density at radius 1 is 0.808 bits per heavy atom. The lowest BCUT2D eigenvalue weighted by Crippen LogP contribution is -2.15. The predicted molar refractivity (Wildman–Crippen MR) is 116 cm³/mol. The quantitative estimate of drug-likeness (QED) is 0.388. The fourth-order valence-electron chi connectivity index (χ4n) is 3.53. The Morgan fingerprint density at radius 2 is 1.38 bits per heavy atom. The SMILES string of the molecule is CCc1ccc(CC(C)(C)[CH]CCCCc2ccc(C(C)C)cc2)cc1. The van der Waals surface area contributed by atoms with Crippen molar-refractivity contribution in [3.63, 3.8) is 0 Å². The van der Waals surface area contributed by atoms with Crippen LogP contribution < -0.4 is 0 Å². The van der Waals surface area contributed by atoms with Gasteiger partial charge in [-0.15, -0.1) is 0 Å². The Hall–Kier alpha value is -1.56. The standard InChI is InChI=1S/C26H37/c1-6-22-11-13-24(14-12-22)20-26(4,5)19-9-7-8-10-23-15-17-25(18-16-23)21(2)3/h11-19,21H,6-10,20H2,1-5H3. The average Bonchev–Trinajstić information content (AvgIpc) is 2.62. The minimum Gasteiger partial charge on any atom is -0.0613 e. The molecule has 26 heavy (non-hydrogen) atoms. The maximum absolute atomic E-state index is 2.53. The third-order valence-electron chi connectivity index (χ3n) is 5.35. The largest absolute Gasteiger partial charge is 0.0613 e. The molecule has 0 fully saturated rings. The van der Waals surface area contributed by atoms with Gasteiger partial charge in [0.2, 0.25) is 0 Å². The molecule has 2 aromatic rings. The third kappa shape index (κ3) is 6.98. The number of benzene rings is 2. The lowest BCUT2D eigenvalue weighted by molar-refractivity contribution is 0.413. The molecule has 0 N–H and O–H groups in total. The first-order valence-electron chi connectivity index (χ1n) is 10.4. The van der Waals surface area contributed by atoms with Crippen LogP contribution in [-0.2, 0) is 19.3 Å². The van der Waals surface area contributed by atoms with Crippen molar-refractivity contribution in [3.05, 3.63) is 77.2 Å². The summed E-state index contributed by atoms with van der Waals surface area (Å²) in [5.41, 5.74) is 6.07. The monoisotopic (exact) mass is 349 g/mol. The highest BCUT2D eigenvalue weighted by atomic mass is 14.2. The Balaban J connectivity index is 1.68. The molecule has 0 bridgehead atoms. The highest BCUT2D eigenvalue weighted by Gasteiger charge is 2.18. The highest BCUT2D eigenvalue weighted by molar-refractivity contribution is 5.25. The zero-order chi connectivity index (χ0) is 19.0. The first-order chi connectivity index (χ1) is 12.4. The van der Waals surface area contributed by atoms with Crippen LogP contribution in [0.25, 0.3) is 0 Å². The third-order valence-corrected chi connectivity index (χ3v) is 5.35. The second kappa shape index (κ2) is 9.95. The summed E-state index contributed by atoms with van der Waals surface area (Å²) in [6.07, 6.45) is 9.75.